The second kappa shape index (κ2) is 11.2. The Morgan fingerprint density at radius 1 is 1.09 bits per heavy atom. The first-order chi connectivity index (χ1) is 16.2. The van der Waals surface area contributed by atoms with E-state index in [9.17, 15) is 19.2 Å². The highest BCUT2D eigenvalue weighted by Gasteiger charge is 2.34. The number of aryl methyl sites for hydroxylation is 1. The van der Waals surface area contributed by atoms with Crippen molar-refractivity contribution in [2.45, 2.75) is 79.6 Å². The van der Waals surface area contributed by atoms with Crippen LogP contribution in [-0.4, -0.2) is 23.1 Å². The average molecular weight is 463 g/mol. The van der Waals surface area contributed by atoms with E-state index >= 15 is 0 Å². The monoisotopic (exact) mass is 462 g/mol. The van der Waals surface area contributed by atoms with Crippen LogP contribution in [0.1, 0.15) is 93.3 Å². The first-order valence-corrected chi connectivity index (χ1v) is 12.8. The van der Waals surface area contributed by atoms with E-state index in [0.29, 0.717) is 6.42 Å². The molecular formula is C30H38O4. The van der Waals surface area contributed by atoms with Crippen LogP contribution >= 0.6 is 0 Å². The summed E-state index contributed by atoms with van der Waals surface area (Å²) in [4.78, 5) is 49.7. The highest BCUT2D eigenvalue weighted by Crippen LogP contribution is 2.39. The molecule has 0 spiro atoms. The normalized spacial score (nSPS) is 21.6. The number of benzene rings is 1. The topological polar surface area (TPSA) is 68.3 Å². The first-order valence-electron chi connectivity index (χ1n) is 12.8. The van der Waals surface area contributed by atoms with Crippen LogP contribution in [0, 0.1) is 30.6 Å². The van der Waals surface area contributed by atoms with Crippen molar-refractivity contribution in [3.05, 3.63) is 52.6 Å². The lowest BCUT2D eigenvalue weighted by Crippen LogP contribution is -2.30. The van der Waals surface area contributed by atoms with Crippen LogP contribution in [-0.2, 0) is 20.8 Å². The fraction of sp³-hybridized carbons (Fsp3) is 0.533. The molecular weight excluding hydrogens is 424 g/mol. The number of rotatable bonds is 10. The maximum absolute atomic E-state index is 13.3. The molecule has 0 fully saturated rings. The molecule has 1 aromatic rings. The third-order valence-electron chi connectivity index (χ3n) is 7.52. The molecule has 34 heavy (non-hydrogen) atoms. The Labute approximate surface area is 203 Å². The van der Waals surface area contributed by atoms with Gasteiger partial charge in [0.1, 0.15) is 11.6 Å². The molecule has 0 radical (unpaired) electrons. The zero-order chi connectivity index (χ0) is 25.0. The van der Waals surface area contributed by atoms with E-state index in [1.165, 1.54) is 6.92 Å². The summed E-state index contributed by atoms with van der Waals surface area (Å²) in [5.41, 5.74) is 4.96. The van der Waals surface area contributed by atoms with E-state index in [1.54, 1.807) is 6.08 Å². The van der Waals surface area contributed by atoms with Crippen molar-refractivity contribution in [3.8, 4) is 0 Å². The van der Waals surface area contributed by atoms with Crippen molar-refractivity contribution < 1.29 is 19.2 Å². The second-order valence-electron chi connectivity index (χ2n) is 10.3. The van der Waals surface area contributed by atoms with Gasteiger partial charge in [0, 0.05) is 23.8 Å². The van der Waals surface area contributed by atoms with Gasteiger partial charge in [-0.05, 0) is 73.3 Å². The molecule has 1 aromatic carbocycles. The van der Waals surface area contributed by atoms with Gasteiger partial charge >= 0.3 is 0 Å². The smallest absolute Gasteiger partial charge is 0.163 e. The molecule has 0 N–H and O–H groups in total. The van der Waals surface area contributed by atoms with E-state index in [2.05, 4.69) is 13.0 Å². The fourth-order valence-electron chi connectivity index (χ4n) is 5.92. The molecule has 4 atom stereocenters. The van der Waals surface area contributed by atoms with Gasteiger partial charge in [-0.1, -0.05) is 57.9 Å². The summed E-state index contributed by atoms with van der Waals surface area (Å²) in [5, 5.41) is 0. The molecule has 3 rings (SSSR count). The summed E-state index contributed by atoms with van der Waals surface area (Å²) in [5.74, 6) is 0.289. The molecule has 0 aromatic heterocycles. The molecule has 4 nitrogen and oxygen atoms in total. The number of Topliss-reactive ketones (excluding diaryl/α,β-unsaturated/α-hetero) is 3. The highest BCUT2D eigenvalue weighted by molar-refractivity contribution is 6.04. The number of ketones is 4. The molecule has 0 saturated carbocycles. The summed E-state index contributed by atoms with van der Waals surface area (Å²) >= 11 is 0. The highest BCUT2D eigenvalue weighted by atomic mass is 16.1. The third kappa shape index (κ3) is 5.71. The quantitative estimate of drug-likeness (QED) is 0.384. The zero-order valence-corrected chi connectivity index (χ0v) is 21.3. The van der Waals surface area contributed by atoms with Gasteiger partial charge < -0.3 is 0 Å². The molecule has 0 saturated heterocycles. The van der Waals surface area contributed by atoms with Gasteiger partial charge in [-0.25, -0.2) is 0 Å². The lowest BCUT2D eigenvalue weighted by atomic mass is 9.71. The summed E-state index contributed by atoms with van der Waals surface area (Å²) in [7, 11) is 0. The van der Waals surface area contributed by atoms with Gasteiger partial charge in [0.25, 0.3) is 0 Å². The van der Waals surface area contributed by atoms with Crippen molar-refractivity contribution in [2.24, 2.45) is 23.7 Å². The SMILES string of the molecule is CCCC(CC1CC(=O)c2c(C)ccc(C3=CC(C)C(=O)C=C3)c2C1)C(CC)C(=O)CC(C)=O. The van der Waals surface area contributed by atoms with Crippen LogP contribution in [0.2, 0.25) is 0 Å². The molecule has 2 aliphatic rings. The lowest BCUT2D eigenvalue weighted by Gasteiger charge is -2.33. The van der Waals surface area contributed by atoms with Crippen LogP contribution in [0.3, 0.4) is 0 Å². The van der Waals surface area contributed by atoms with E-state index in [1.807, 2.05) is 39.0 Å². The summed E-state index contributed by atoms with van der Waals surface area (Å²) < 4.78 is 0. The van der Waals surface area contributed by atoms with Crippen LogP contribution < -0.4 is 0 Å². The van der Waals surface area contributed by atoms with Crippen LogP contribution in [0.15, 0.2) is 30.4 Å². The number of hydrogen-bond acceptors (Lipinski definition) is 4. The predicted octanol–water partition coefficient (Wildman–Crippen LogP) is 6.28. The molecule has 182 valence electrons. The number of allylic oxidation sites excluding steroid dienone is 4. The molecule has 0 amide bonds. The van der Waals surface area contributed by atoms with Crippen molar-refractivity contribution in [1.82, 2.24) is 0 Å². The Hall–Kier alpha value is -2.62. The fourth-order valence-corrected chi connectivity index (χ4v) is 5.92. The van der Waals surface area contributed by atoms with Gasteiger partial charge in [-0.15, -0.1) is 0 Å². The molecule has 4 unspecified atom stereocenters. The number of fused-ring (bicyclic) bond motifs is 1. The van der Waals surface area contributed by atoms with Crippen molar-refractivity contribution in [2.75, 3.05) is 0 Å². The predicted molar refractivity (Wildman–Crippen MR) is 136 cm³/mol. The van der Waals surface area contributed by atoms with Gasteiger partial charge in [0.15, 0.2) is 11.6 Å². The standard InChI is InChI=1S/C30H38O4/c1-6-8-22(24(7-2)28(33)14-20(5)31)15-21-16-26-25(23-10-12-27(32)19(4)13-23)11-9-18(3)30(26)29(34)17-21/h9-13,19,21-22,24H,6-8,14-17H2,1-5H3. The van der Waals surface area contributed by atoms with Gasteiger partial charge in [-0.2, -0.15) is 0 Å². The number of hydrogen-bond donors (Lipinski definition) is 0. The minimum absolute atomic E-state index is 0.00584. The van der Waals surface area contributed by atoms with E-state index < -0.39 is 0 Å². The Kier molecular flexibility index (Phi) is 8.57. The van der Waals surface area contributed by atoms with Crippen molar-refractivity contribution in [1.29, 1.82) is 0 Å². The van der Waals surface area contributed by atoms with Crippen molar-refractivity contribution in [3.63, 3.8) is 0 Å². The Balaban J connectivity index is 1.92. The molecule has 0 heterocycles. The summed E-state index contributed by atoms with van der Waals surface area (Å²) in [6, 6.07) is 4.09. The summed E-state index contributed by atoms with van der Waals surface area (Å²) in [6.07, 6.45) is 10.2. The molecule has 2 aliphatic carbocycles. The maximum Gasteiger partial charge on any atom is 0.163 e. The van der Waals surface area contributed by atoms with Gasteiger partial charge in [-0.3, -0.25) is 19.2 Å². The second-order valence-corrected chi connectivity index (χ2v) is 10.3. The van der Waals surface area contributed by atoms with Gasteiger partial charge in [0.05, 0.1) is 6.42 Å². The number of carbonyl (C=O) groups is 4. The van der Waals surface area contributed by atoms with Crippen LogP contribution in [0.25, 0.3) is 5.57 Å². The van der Waals surface area contributed by atoms with E-state index in [4.69, 9.17) is 0 Å². The first kappa shape index (κ1) is 26.0. The third-order valence-corrected chi connectivity index (χ3v) is 7.52. The van der Waals surface area contributed by atoms with Crippen LogP contribution in [0.4, 0.5) is 0 Å². The maximum atomic E-state index is 13.3. The van der Waals surface area contributed by atoms with Crippen LogP contribution in [0.5, 0.6) is 0 Å². The molecule has 4 heteroatoms. The summed E-state index contributed by atoms with van der Waals surface area (Å²) in [6.45, 7) is 9.52. The molecule has 0 aliphatic heterocycles. The molecule has 0 bridgehead atoms. The minimum Gasteiger partial charge on any atom is -0.300 e. The zero-order valence-electron chi connectivity index (χ0n) is 21.3. The van der Waals surface area contributed by atoms with Crippen molar-refractivity contribution >= 4 is 28.7 Å². The largest absolute Gasteiger partial charge is 0.300 e. The van der Waals surface area contributed by atoms with E-state index in [-0.39, 0.29) is 53.2 Å². The average Bonchev–Trinajstić information content (AvgIpc) is 2.76. The van der Waals surface area contributed by atoms with E-state index in [0.717, 1.165) is 59.9 Å². The number of carbonyl (C=O) groups excluding carboxylic acids is 4. The lowest BCUT2D eigenvalue weighted by molar-refractivity contribution is -0.130. The van der Waals surface area contributed by atoms with Gasteiger partial charge in [0.2, 0.25) is 0 Å². The minimum atomic E-state index is -0.168. The Morgan fingerprint density at radius 2 is 1.82 bits per heavy atom. The Bertz CT molecular complexity index is 1040. The Morgan fingerprint density at radius 3 is 2.44 bits per heavy atom.